The summed E-state index contributed by atoms with van der Waals surface area (Å²) in [5, 5.41) is 13.4. The van der Waals surface area contributed by atoms with Crippen molar-refractivity contribution in [2.24, 2.45) is 0 Å². The molecule has 0 aliphatic carbocycles. The number of amides is 1. The summed E-state index contributed by atoms with van der Waals surface area (Å²) in [6, 6.07) is 6.23. The number of likely N-dealkylation sites (tertiary alicyclic amines) is 1. The minimum atomic E-state index is -2.85. The van der Waals surface area contributed by atoms with Gasteiger partial charge < -0.3 is 20.1 Å². The number of alkyl halides is 2. The van der Waals surface area contributed by atoms with Gasteiger partial charge in [0, 0.05) is 32.6 Å². The molecule has 1 fully saturated rings. The number of nitrogens with one attached hydrogen (secondary N) is 1. The molecule has 0 saturated carbocycles. The number of benzene rings is 1. The third-order valence-corrected chi connectivity index (χ3v) is 4.03. The predicted octanol–water partition coefficient (Wildman–Crippen LogP) is 1.92. The van der Waals surface area contributed by atoms with E-state index < -0.39 is 12.7 Å². The van der Waals surface area contributed by atoms with Gasteiger partial charge in [0.25, 0.3) is 0 Å². The van der Waals surface area contributed by atoms with E-state index >= 15 is 0 Å². The number of halogens is 2. The zero-order valence-corrected chi connectivity index (χ0v) is 13.0. The minimum absolute atomic E-state index is 0.0699. The van der Waals surface area contributed by atoms with Gasteiger partial charge in [-0.25, -0.2) is 0 Å². The largest absolute Gasteiger partial charge is 0.435 e. The average Bonchev–Trinajstić information content (AvgIpc) is 2.53. The van der Waals surface area contributed by atoms with E-state index in [4.69, 9.17) is 0 Å². The van der Waals surface area contributed by atoms with E-state index in [0.29, 0.717) is 12.1 Å². The van der Waals surface area contributed by atoms with Crippen molar-refractivity contribution in [1.82, 2.24) is 10.2 Å². The number of ether oxygens (including phenoxy) is 1. The summed E-state index contributed by atoms with van der Waals surface area (Å²) in [6.07, 6.45) is 0.988. The van der Waals surface area contributed by atoms with Crippen LogP contribution >= 0.6 is 0 Å². The second kappa shape index (κ2) is 8.21. The molecule has 128 valence electrons. The Morgan fingerprint density at radius 1 is 1.35 bits per heavy atom. The van der Waals surface area contributed by atoms with Gasteiger partial charge >= 0.3 is 6.61 Å². The van der Waals surface area contributed by atoms with Crippen molar-refractivity contribution in [3.8, 4) is 5.75 Å². The van der Waals surface area contributed by atoms with Gasteiger partial charge in [0.05, 0.1) is 6.10 Å². The normalized spacial score (nSPS) is 17.3. The van der Waals surface area contributed by atoms with Gasteiger partial charge in [0.1, 0.15) is 5.75 Å². The first-order chi connectivity index (χ1) is 11.0. The van der Waals surface area contributed by atoms with Gasteiger partial charge in [-0.15, -0.1) is 0 Å². The van der Waals surface area contributed by atoms with Crippen molar-refractivity contribution in [2.75, 3.05) is 19.6 Å². The van der Waals surface area contributed by atoms with Crippen LogP contribution in [0, 0.1) is 0 Å². The first kappa shape index (κ1) is 17.6. The van der Waals surface area contributed by atoms with Gasteiger partial charge in [-0.2, -0.15) is 8.78 Å². The molecule has 1 atom stereocenters. The second-order valence-corrected chi connectivity index (χ2v) is 5.65. The summed E-state index contributed by atoms with van der Waals surface area (Å²) in [4.78, 5) is 13.1. The maximum Gasteiger partial charge on any atom is 0.387 e. The van der Waals surface area contributed by atoms with Crippen LogP contribution in [0.4, 0.5) is 8.78 Å². The Morgan fingerprint density at radius 3 is 2.48 bits per heavy atom. The molecule has 5 nitrogen and oxygen atoms in total. The number of nitrogens with zero attached hydrogens (tertiary/aromatic N) is 1. The summed E-state index contributed by atoms with van der Waals surface area (Å²) in [5.41, 5.74) is 0.639. The first-order valence-electron chi connectivity index (χ1n) is 7.67. The summed E-state index contributed by atoms with van der Waals surface area (Å²) in [6.45, 7) is 0.540. The van der Waals surface area contributed by atoms with Crippen LogP contribution in [0.2, 0.25) is 0 Å². The van der Waals surface area contributed by atoms with Gasteiger partial charge in [-0.05, 0) is 30.5 Å². The third kappa shape index (κ3) is 5.44. The monoisotopic (exact) mass is 328 g/mol. The van der Waals surface area contributed by atoms with Gasteiger partial charge in [0.2, 0.25) is 5.91 Å². The lowest BCUT2D eigenvalue weighted by Crippen LogP contribution is -2.45. The van der Waals surface area contributed by atoms with E-state index in [1.54, 1.807) is 19.1 Å². The number of aliphatic hydroxyl groups excluding tert-OH is 1. The second-order valence-electron chi connectivity index (χ2n) is 5.65. The Labute approximate surface area is 134 Å². The maximum absolute atomic E-state index is 12.1. The molecule has 1 heterocycles. The fourth-order valence-electron chi connectivity index (χ4n) is 2.67. The number of carbonyl (C=O) groups excluding carboxylic acids is 1. The average molecular weight is 328 g/mol. The molecule has 1 aliphatic heterocycles. The molecule has 1 aromatic rings. The molecule has 0 aromatic heterocycles. The van der Waals surface area contributed by atoms with Crippen LogP contribution in [0.15, 0.2) is 24.3 Å². The number of hydrogen-bond acceptors (Lipinski definition) is 4. The number of carbonyl (C=O) groups is 1. The van der Waals surface area contributed by atoms with E-state index in [-0.39, 0.29) is 17.7 Å². The Morgan fingerprint density at radius 2 is 1.96 bits per heavy atom. The summed E-state index contributed by atoms with van der Waals surface area (Å²) < 4.78 is 28.4. The standard InChI is InChI=1S/C16H22F2N2O3/c1-11(21)20-8-6-13(7-9-20)19-10-15(22)12-2-4-14(5-3-12)23-16(17)18/h2-5,13,15-16,19,22H,6-10H2,1H3. The number of hydrogen-bond donors (Lipinski definition) is 2. The number of aliphatic hydroxyl groups is 1. The summed E-state index contributed by atoms with van der Waals surface area (Å²) >= 11 is 0. The molecule has 0 spiro atoms. The highest BCUT2D eigenvalue weighted by molar-refractivity contribution is 5.73. The fraction of sp³-hybridized carbons (Fsp3) is 0.562. The highest BCUT2D eigenvalue weighted by atomic mass is 19.3. The minimum Gasteiger partial charge on any atom is -0.435 e. The summed E-state index contributed by atoms with van der Waals surface area (Å²) in [5.74, 6) is 0.162. The molecule has 7 heteroatoms. The summed E-state index contributed by atoms with van der Waals surface area (Å²) in [7, 11) is 0. The molecule has 23 heavy (non-hydrogen) atoms. The van der Waals surface area contributed by atoms with E-state index in [9.17, 15) is 18.7 Å². The Kier molecular flexibility index (Phi) is 6.29. The Hall–Kier alpha value is -1.73. The highest BCUT2D eigenvalue weighted by Gasteiger charge is 2.21. The van der Waals surface area contributed by atoms with Crippen molar-refractivity contribution < 1.29 is 23.4 Å². The SMILES string of the molecule is CC(=O)N1CCC(NCC(O)c2ccc(OC(F)F)cc2)CC1. The Bertz CT molecular complexity index is 503. The van der Waals surface area contributed by atoms with Crippen molar-refractivity contribution in [3.63, 3.8) is 0 Å². The van der Waals surface area contributed by atoms with Crippen LogP contribution in [-0.2, 0) is 4.79 Å². The lowest BCUT2D eigenvalue weighted by Gasteiger charge is -2.32. The zero-order chi connectivity index (χ0) is 16.8. The lowest BCUT2D eigenvalue weighted by molar-refractivity contribution is -0.129. The fourth-order valence-corrected chi connectivity index (χ4v) is 2.67. The van der Waals surface area contributed by atoms with Crippen molar-refractivity contribution >= 4 is 5.91 Å². The quantitative estimate of drug-likeness (QED) is 0.838. The molecule has 2 rings (SSSR count). The van der Waals surface area contributed by atoms with Crippen LogP contribution in [-0.4, -0.2) is 48.2 Å². The van der Waals surface area contributed by atoms with Crippen molar-refractivity contribution in [3.05, 3.63) is 29.8 Å². The molecular weight excluding hydrogens is 306 g/mol. The van der Waals surface area contributed by atoms with Crippen LogP contribution in [0.1, 0.15) is 31.4 Å². The highest BCUT2D eigenvalue weighted by Crippen LogP contribution is 2.19. The molecule has 1 amide bonds. The van der Waals surface area contributed by atoms with Crippen molar-refractivity contribution in [2.45, 2.75) is 38.5 Å². The molecular formula is C16H22F2N2O3. The van der Waals surface area contributed by atoms with Crippen LogP contribution < -0.4 is 10.1 Å². The first-order valence-corrected chi connectivity index (χ1v) is 7.67. The molecule has 1 aromatic carbocycles. The number of rotatable bonds is 6. The van der Waals surface area contributed by atoms with Gasteiger partial charge in [0.15, 0.2) is 0 Å². The zero-order valence-electron chi connectivity index (χ0n) is 13.0. The van der Waals surface area contributed by atoms with Crippen LogP contribution in [0.25, 0.3) is 0 Å². The van der Waals surface area contributed by atoms with E-state index in [1.807, 2.05) is 4.90 Å². The molecule has 1 unspecified atom stereocenters. The lowest BCUT2D eigenvalue weighted by atomic mass is 10.0. The Balaban J connectivity index is 1.76. The van der Waals surface area contributed by atoms with Crippen LogP contribution in [0.5, 0.6) is 5.75 Å². The van der Waals surface area contributed by atoms with E-state index in [0.717, 1.165) is 25.9 Å². The third-order valence-electron chi connectivity index (χ3n) is 4.03. The maximum atomic E-state index is 12.1. The van der Waals surface area contributed by atoms with Gasteiger partial charge in [-0.3, -0.25) is 4.79 Å². The molecule has 1 aliphatic rings. The molecule has 0 bridgehead atoms. The smallest absolute Gasteiger partial charge is 0.387 e. The predicted molar refractivity (Wildman–Crippen MR) is 81.3 cm³/mol. The van der Waals surface area contributed by atoms with Crippen LogP contribution in [0.3, 0.4) is 0 Å². The molecule has 2 N–H and O–H groups in total. The molecule has 0 radical (unpaired) electrons. The topological polar surface area (TPSA) is 61.8 Å². The van der Waals surface area contributed by atoms with Crippen molar-refractivity contribution in [1.29, 1.82) is 0 Å². The molecule has 1 saturated heterocycles. The van der Waals surface area contributed by atoms with Gasteiger partial charge in [-0.1, -0.05) is 12.1 Å². The van der Waals surface area contributed by atoms with E-state index in [2.05, 4.69) is 10.1 Å². The van der Waals surface area contributed by atoms with E-state index in [1.165, 1.54) is 12.1 Å². The number of piperidine rings is 1.